The number of tetrazole rings is 1. The number of thiophene rings is 1. The van der Waals surface area contributed by atoms with Gasteiger partial charge in [-0.3, -0.25) is 4.79 Å². The van der Waals surface area contributed by atoms with Crippen LogP contribution in [0.5, 0.6) is 0 Å². The molecule has 0 aliphatic carbocycles. The van der Waals surface area contributed by atoms with E-state index in [4.69, 9.17) is 11.6 Å². The van der Waals surface area contributed by atoms with E-state index in [0.29, 0.717) is 21.0 Å². The van der Waals surface area contributed by atoms with Gasteiger partial charge in [-0.25, -0.2) is 0 Å². The van der Waals surface area contributed by atoms with Crippen molar-refractivity contribution in [3.8, 4) is 11.4 Å². The number of benzene rings is 1. The molecule has 3 rings (SSSR count). The zero-order valence-corrected chi connectivity index (χ0v) is 14.3. The third-order valence-electron chi connectivity index (χ3n) is 3.42. The molecule has 5 nitrogen and oxygen atoms in total. The molecule has 3 aromatic rings. The largest absolute Gasteiger partial charge is 0.291 e. The first-order valence-electron chi connectivity index (χ1n) is 7.19. The summed E-state index contributed by atoms with van der Waals surface area (Å²) in [7, 11) is 0. The molecule has 2 heterocycles. The van der Waals surface area contributed by atoms with Crippen LogP contribution in [0, 0.1) is 0 Å². The van der Waals surface area contributed by atoms with Gasteiger partial charge in [0.2, 0.25) is 5.82 Å². The van der Waals surface area contributed by atoms with Crippen LogP contribution >= 0.6 is 22.9 Å². The highest BCUT2D eigenvalue weighted by atomic mass is 35.5. The van der Waals surface area contributed by atoms with Gasteiger partial charge in [0.25, 0.3) is 0 Å². The number of rotatable bonds is 5. The van der Waals surface area contributed by atoms with Crippen LogP contribution in [0.25, 0.3) is 11.4 Å². The monoisotopic (exact) mass is 346 g/mol. The van der Waals surface area contributed by atoms with E-state index in [0.717, 1.165) is 5.56 Å². The van der Waals surface area contributed by atoms with E-state index in [2.05, 4.69) is 41.4 Å². The molecule has 0 radical (unpaired) electrons. The number of aromatic nitrogens is 4. The first kappa shape index (κ1) is 15.8. The molecule has 118 valence electrons. The van der Waals surface area contributed by atoms with Crippen LogP contribution in [0.1, 0.15) is 35.0 Å². The topological polar surface area (TPSA) is 60.7 Å². The molecular weight excluding hydrogens is 332 g/mol. The van der Waals surface area contributed by atoms with E-state index < -0.39 is 0 Å². The van der Waals surface area contributed by atoms with E-state index in [1.54, 1.807) is 12.1 Å². The summed E-state index contributed by atoms with van der Waals surface area (Å²) >= 11 is 7.09. The van der Waals surface area contributed by atoms with E-state index in [1.165, 1.54) is 21.7 Å². The maximum Gasteiger partial charge on any atom is 0.204 e. The second-order valence-corrected chi connectivity index (χ2v) is 7.16. The van der Waals surface area contributed by atoms with Gasteiger partial charge in [-0.15, -0.1) is 21.5 Å². The lowest BCUT2D eigenvalue weighted by Crippen LogP contribution is -2.12. The number of hydrogen-bond acceptors (Lipinski definition) is 5. The number of ketones is 1. The number of halogens is 1. The molecule has 0 fully saturated rings. The Kier molecular flexibility index (Phi) is 4.54. The molecule has 0 spiro atoms. The van der Waals surface area contributed by atoms with Crippen molar-refractivity contribution in [3.05, 3.63) is 51.2 Å². The molecule has 0 aliphatic heterocycles. The van der Waals surface area contributed by atoms with E-state index in [-0.39, 0.29) is 12.3 Å². The third-order valence-corrected chi connectivity index (χ3v) is 4.69. The Bertz CT molecular complexity index is 823. The summed E-state index contributed by atoms with van der Waals surface area (Å²) in [5, 5.41) is 12.2. The summed E-state index contributed by atoms with van der Waals surface area (Å²) in [4.78, 5) is 14.0. The smallest absolute Gasteiger partial charge is 0.204 e. The predicted molar refractivity (Wildman–Crippen MR) is 91.0 cm³/mol. The van der Waals surface area contributed by atoms with Gasteiger partial charge in [-0.2, -0.15) is 4.80 Å². The van der Waals surface area contributed by atoms with Crippen molar-refractivity contribution in [3.63, 3.8) is 0 Å². The van der Waals surface area contributed by atoms with Crippen LogP contribution in [0.15, 0.2) is 36.4 Å². The number of carbonyl (C=O) groups excluding carboxylic acids is 1. The highest BCUT2D eigenvalue weighted by molar-refractivity contribution is 7.18. The second kappa shape index (κ2) is 6.60. The number of hydrogen-bond donors (Lipinski definition) is 0. The molecule has 23 heavy (non-hydrogen) atoms. The minimum Gasteiger partial charge on any atom is -0.291 e. The Morgan fingerprint density at radius 2 is 1.96 bits per heavy atom. The minimum atomic E-state index is -0.0824. The first-order valence-corrected chi connectivity index (χ1v) is 8.39. The highest BCUT2D eigenvalue weighted by Gasteiger charge is 2.13. The summed E-state index contributed by atoms with van der Waals surface area (Å²) in [6.07, 6.45) is 0. The molecule has 0 atom stereocenters. The molecule has 0 saturated heterocycles. The summed E-state index contributed by atoms with van der Waals surface area (Å²) in [6, 6.07) is 11.5. The van der Waals surface area contributed by atoms with Crippen LogP contribution in [0.2, 0.25) is 4.34 Å². The van der Waals surface area contributed by atoms with Crippen molar-refractivity contribution in [1.82, 2.24) is 20.2 Å². The van der Waals surface area contributed by atoms with Gasteiger partial charge < -0.3 is 0 Å². The van der Waals surface area contributed by atoms with Gasteiger partial charge in [-0.1, -0.05) is 49.7 Å². The average molecular weight is 347 g/mol. The normalized spacial score (nSPS) is 11.1. The van der Waals surface area contributed by atoms with Crippen molar-refractivity contribution in [1.29, 1.82) is 0 Å². The molecule has 1 aromatic carbocycles. The molecule has 0 bridgehead atoms. The fourth-order valence-electron chi connectivity index (χ4n) is 2.11. The van der Waals surface area contributed by atoms with Gasteiger partial charge in [0.15, 0.2) is 5.78 Å². The van der Waals surface area contributed by atoms with Crippen LogP contribution in [0.3, 0.4) is 0 Å². The molecule has 0 amide bonds. The molecule has 0 aliphatic rings. The minimum absolute atomic E-state index is 0.0495. The van der Waals surface area contributed by atoms with E-state index >= 15 is 0 Å². The van der Waals surface area contributed by atoms with E-state index in [1.807, 2.05) is 12.1 Å². The summed E-state index contributed by atoms with van der Waals surface area (Å²) < 4.78 is 0.589. The van der Waals surface area contributed by atoms with Gasteiger partial charge in [-0.05, 0) is 28.8 Å². The average Bonchev–Trinajstić information content (AvgIpc) is 3.16. The summed E-state index contributed by atoms with van der Waals surface area (Å²) in [5.41, 5.74) is 2.14. The van der Waals surface area contributed by atoms with Gasteiger partial charge in [0, 0.05) is 5.56 Å². The molecule has 0 N–H and O–H groups in total. The van der Waals surface area contributed by atoms with Crippen molar-refractivity contribution < 1.29 is 4.79 Å². The Morgan fingerprint density at radius 3 is 2.57 bits per heavy atom. The van der Waals surface area contributed by atoms with Crippen molar-refractivity contribution in [2.24, 2.45) is 0 Å². The Hall–Kier alpha value is -2.05. The lowest BCUT2D eigenvalue weighted by atomic mass is 10.0. The van der Waals surface area contributed by atoms with Crippen LogP contribution in [-0.4, -0.2) is 26.0 Å². The predicted octanol–water partition coefficient (Wildman–Crippen LogP) is 4.06. The lowest BCUT2D eigenvalue weighted by Gasteiger charge is -2.04. The molecule has 7 heteroatoms. The number of nitrogens with zero attached hydrogens (tertiary/aromatic N) is 4. The Labute approximate surface area is 142 Å². The third kappa shape index (κ3) is 3.65. The van der Waals surface area contributed by atoms with Crippen LogP contribution < -0.4 is 0 Å². The number of carbonyl (C=O) groups is 1. The molecule has 0 unspecified atom stereocenters. The molecular formula is C16H15ClN4OS. The second-order valence-electron chi connectivity index (χ2n) is 5.45. The zero-order chi connectivity index (χ0) is 16.4. The van der Waals surface area contributed by atoms with E-state index in [9.17, 15) is 4.79 Å². The van der Waals surface area contributed by atoms with Gasteiger partial charge in [0.1, 0.15) is 6.54 Å². The Morgan fingerprint density at radius 1 is 1.22 bits per heavy atom. The maximum absolute atomic E-state index is 12.1. The summed E-state index contributed by atoms with van der Waals surface area (Å²) in [6.45, 7) is 4.34. The van der Waals surface area contributed by atoms with Crippen LogP contribution in [0.4, 0.5) is 0 Å². The number of Topliss-reactive ketones (excluding diaryl/α,β-unsaturated/α-hetero) is 1. The van der Waals surface area contributed by atoms with Crippen molar-refractivity contribution in [2.45, 2.75) is 26.3 Å². The van der Waals surface area contributed by atoms with Crippen LogP contribution in [-0.2, 0) is 6.54 Å². The lowest BCUT2D eigenvalue weighted by molar-refractivity contribution is 0.0965. The fraction of sp³-hybridized carbons (Fsp3) is 0.250. The fourth-order valence-corrected chi connectivity index (χ4v) is 3.09. The zero-order valence-electron chi connectivity index (χ0n) is 12.7. The summed E-state index contributed by atoms with van der Waals surface area (Å²) in [5.74, 6) is 0.904. The quantitative estimate of drug-likeness (QED) is 0.653. The molecule has 0 saturated carbocycles. The molecule has 2 aromatic heterocycles. The standard InChI is InChI=1S/C16H15ClN4OS/c1-10(2)11-3-5-12(6-4-11)16-18-20-21(19-16)9-13(22)14-7-8-15(17)23-14/h3-8,10H,9H2,1-2H3. The van der Waals surface area contributed by atoms with Crippen molar-refractivity contribution >= 4 is 28.7 Å². The van der Waals surface area contributed by atoms with Gasteiger partial charge in [0.05, 0.1) is 9.21 Å². The maximum atomic E-state index is 12.1. The SMILES string of the molecule is CC(C)c1ccc(-c2nnn(CC(=O)c3ccc(Cl)s3)n2)cc1. The van der Waals surface area contributed by atoms with Gasteiger partial charge >= 0.3 is 0 Å². The Balaban J connectivity index is 1.74. The first-order chi connectivity index (χ1) is 11.0. The highest BCUT2D eigenvalue weighted by Crippen LogP contribution is 2.22. The van der Waals surface area contributed by atoms with Crippen molar-refractivity contribution in [2.75, 3.05) is 0 Å².